The molecule has 0 bridgehead atoms. The van der Waals surface area contributed by atoms with Crippen molar-refractivity contribution in [2.75, 3.05) is 25.6 Å². The van der Waals surface area contributed by atoms with Gasteiger partial charge in [-0.05, 0) is 31.3 Å². The van der Waals surface area contributed by atoms with Crippen LogP contribution in [0.15, 0.2) is 10.3 Å². The predicted octanol–water partition coefficient (Wildman–Crippen LogP) is 0.584. The molecule has 0 radical (unpaired) electrons. The summed E-state index contributed by atoms with van der Waals surface area (Å²) in [5.74, 6) is -0.0310. The summed E-state index contributed by atoms with van der Waals surface area (Å²) in [6, 6.07) is -0.471. The van der Waals surface area contributed by atoms with Crippen molar-refractivity contribution in [1.82, 2.24) is 9.62 Å². The lowest BCUT2D eigenvalue weighted by atomic mass is 10.3. The molecule has 6 nitrogen and oxygen atoms in total. The Balaban J connectivity index is 2.36. The Hall–Kier alpha value is -0.480. The highest BCUT2D eigenvalue weighted by Gasteiger charge is 2.38. The summed E-state index contributed by atoms with van der Waals surface area (Å²) >= 11 is 1.40. The summed E-state index contributed by atoms with van der Waals surface area (Å²) in [6.45, 7) is 2.24. The van der Waals surface area contributed by atoms with Crippen molar-refractivity contribution in [3.63, 3.8) is 0 Å². The highest BCUT2D eigenvalue weighted by Crippen LogP contribution is 2.31. The second-order valence-electron chi connectivity index (χ2n) is 5.28. The van der Waals surface area contributed by atoms with Crippen LogP contribution in [0.1, 0.15) is 16.9 Å². The number of aryl methyl sites for hydroxylation is 1. The fraction of sp³-hybridized carbons (Fsp3) is 0.667. The number of rotatable bonds is 5. The molecule has 1 N–H and O–H groups in total. The number of hydrogen-bond acceptors (Lipinski definition) is 6. The van der Waals surface area contributed by atoms with Gasteiger partial charge in [-0.15, -0.1) is 11.3 Å². The Labute approximate surface area is 130 Å². The molecule has 0 amide bonds. The molecule has 1 atom stereocenters. The van der Waals surface area contributed by atoms with E-state index in [4.69, 9.17) is 0 Å². The zero-order valence-corrected chi connectivity index (χ0v) is 14.7. The van der Waals surface area contributed by atoms with Gasteiger partial charge in [0, 0.05) is 24.5 Å². The first-order valence-corrected chi connectivity index (χ1v) is 10.7. The van der Waals surface area contributed by atoms with Crippen molar-refractivity contribution in [2.24, 2.45) is 0 Å². The minimum atomic E-state index is -3.67. The number of nitrogens with zero attached hydrogens (tertiary/aromatic N) is 1. The van der Waals surface area contributed by atoms with Crippen LogP contribution in [0.3, 0.4) is 0 Å². The highest BCUT2D eigenvalue weighted by molar-refractivity contribution is 7.92. The monoisotopic (exact) mass is 352 g/mol. The summed E-state index contributed by atoms with van der Waals surface area (Å²) in [5.41, 5.74) is 0.706. The molecule has 0 saturated carbocycles. The maximum atomic E-state index is 12.8. The van der Waals surface area contributed by atoms with Crippen LogP contribution in [-0.2, 0) is 26.4 Å². The van der Waals surface area contributed by atoms with Gasteiger partial charge in [0.15, 0.2) is 9.84 Å². The van der Waals surface area contributed by atoms with E-state index in [1.54, 1.807) is 14.0 Å². The molecule has 1 saturated heterocycles. The molecule has 0 aromatic carbocycles. The van der Waals surface area contributed by atoms with Gasteiger partial charge in [-0.3, -0.25) is 0 Å². The Morgan fingerprint density at radius 3 is 2.67 bits per heavy atom. The Morgan fingerprint density at radius 1 is 1.48 bits per heavy atom. The van der Waals surface area contributed by atoms with Crippen molar-refractivity contribution >= 4 is 31.2 Å². The van der Waals surface area contributed by atoms with E-state index in [0.29, 0.717) is 23.4 Å². The highest BCUT2D eigenvalue weighted by atomic mass is 32.2. The molecule has 9 heteroatoms. The maximum absolute atomic E-state index is 12.8. The largest absolute Gasteiger partial charge is 0.315 e. The lowest BCUT2D eigenvalue weighted by Crippen LogP contribution is -2.38. The normalized spacial score (nSPS) is 22.0. The molecule has 0 aliphatic carbocycles. The predicted molar refractivity (Wildman–Crippen MR) is 83.8 cm³/mol. The maximum Gasteiger partial charge on any atom is 0.244 e. The van der Waals surface area contributed by atoms with Gasteiger partial charge in [-0.25, -0.2) is 16.8 Å². The molecule has 2 rings (SSSR count). The minimum Gasteiger partial charge on any atom is -0.315 e. The first kappa shape index (κ1) is 16.9. The molecule has 1 aliphatic rings. The average Bonchev–Trinajstić information content (AvgIpc) is 2.92. The quantitative estimate of drug-likeness (QED) is 0.838. The SMILES string of the molecule is CNCc1scc(C)c1S(=O)(=O)N(C)C1CCS(=O)(=O)C1. The van der Waals surface area contributed by atoms with Crippen LogP contribution >= 0.6 is 11.3 Å². The topological polar surface area (TPSA) is 83.6 Å². The van der Waals surface area contributed by atoms with Crippen LogP contribution < -0.4 is 5.32 Å². The first-order valence-electron chi connectivity index (χ1n) is 6.59. The van der Waals surface area contributed by atoms with E-state index in [1.807, 2.05) is 5.38 Å². The van der Waals surface area contributed by atoms with E-state index in [1.165, 1.54) is 22.7 Å². The smallest absolute Gasteiger partial charge is 0.244 e. The van der Waals surface area contributed by atoms with Gasteiger partial charge in [0.25, 0.3) is 0 Å². The van der Waals surface area contributed by atoms with Gasteiger partial charge < -0.3 is 5.32 Å². The van der Waals surface area contributed by atoms with Crippen molar-refractivity contribution in [3.8, 4) is 0 Å². The van der Waals surface area contributed by atoms with Crippen LogP contribution in [0.4, 0.5) is 0 Å². The lowest BCUT2D eigenvalue weighted by Gasteiger charge is -2.23. The molecule has 1 aliphatic heterocycles. The number of thiophene rings is 1. The van der Waals surface area contributed by atoms with Crippen LogP contribution in [0, 0.1) is 6.92 Å². The molecule has 2 heterocycles. The van der Waals surface area contributed by atoms with E-state index in [9.17, 15) is 16.8 Å². The van der Waals surface area contributed by atoms with Gasteiger partial charge in [-0.1, -0.05) is 0 Å². The standard InChI is InChI=1S/C12H20N2O4S3/c1-9-7-19-11(6-13-2)12(9)21(17,18)14(3)10-4-5-20(15,16)8-10/h7,10,13H,4-6,8H2,1-3H3. The molecule has 21 heavy (non-hydrogen) atoms. The van der Waals surface area contributed by atoms with Crippen molar-refractivity contribution < 1.29 is 16.8 Å². The van der Waals surface area contributed by atoms with Crippen LogP contribution in [0.5, 0.6) is 0 Å². The zero-order valence-electron chi connectivity index (χ0n) is 12.3. The molecule has 0 spiro atoms. The molecule has 120 valence electrons. The van der Waals surface area contributed by atoms with Gasteiger partial charge >= 0.3 is 0 Å². The van der Waals surface area contributed by atoms with Crippen LogP contribution in [0.25, 0.3) is 0 Å². The van der Waals surface area contributed by atoms with Gasteiger partial charge in [0.05, 0.1) is 11.5 Å². The summed E-state index contributed by atoms with van der Waals surface area (Å²) in [7, 11) is -3.55. The Bertz CT molecular complexity index is 722. The number of nitrogens with one attached hydrogen (secondary N) is 1. The summed E-state index contributed by atoms with van der Waals surface area (Å²) in [4.78, 5) is 1.07. The zero-order chi connectivity index (χ0) is 15.8. The van der Waals surface area contributed by atoms with Crippen molar-refractivity contribution in [3.05, 3.63) is 15.8 Å². The number of sulfonamides is 1. The molecular weight excluding hydrogens is 332 g/mol. The molecule has 1 fully saturated rings. The third-order valence-electron chi connectivity index (χ3n) is 3.69. The summed E-state index contributed by atoms with van der Waals surface area (Å²) in [5, 5.41) is 4.78. The van der Waals surface area contributed by atoms with E-state index in [-0.39, 0.29) is 11.5 Å². The second kappa shape index (κ2) is 5.96. The fourth-order valence-electron chi connectivity index (χ4n) is 2.52. The third-order valence-corrected chi connectivity index (χ3v) is 8.81. The van der Waals surface area contributed by atoms with E-state index >= 15 is 0 Å². The third kappa shape index (κ3) is 3.31. The van der Waals surface area contributed by atoms with Crippen molar-refractivity contribution in [1.29, 1.82) is 0 Å². The first-order chi connectivity index (χ1) is 9.69. The van der Waals surface area contributed by atoms with Gasteiger partial charge in [-0.2, -0.15) is 4.31 Å². The van der Waals surface area contributed by atoms with Crippen molar-refractivity contribution in [2.45, 2.75) is 30.8 Å². The van der Waals surface area contributed by atoms with Gasteiger partial charge in [0.1, 0.15) is 4.90 Å². The fourth-order valence-corrected chi connectivity index (χ4v) is 7.54. The molecule has 1 unspecified atom stereocenters. The van der Waals surface area contributed by atoms with Crippen LogP contribution in [-0.4, -0.2) is 52.8 Å². The number of sulfone groups is 1. The molecule has 1 aromatic rings. The van der Waals surface area contributed by atoms with Crippen LogP contribution in [0.2, 0.25) is 0 Å². The summed E-state index contributed by atoms with van der Waals surface area (Å²) < 4.78 is 50.0. The molecular formula is C12H20N2O4S3. The lowest BCUT2D eigenvalue weighted by molar-refractivity contribution is 0.393. The average molecular weight is 353 g/mol. The Morgan fingerprint density at radius 2 is 2.14 bits per heavy atom. The van der Waals surface area contributed by atoms with E-state index in [0.717, 1.165) is 4.88 Å². The molecule has 1 aromatic heterocycles. The second-order valence-corrected chi connectivity index (χ2v) is 10.4. The number of hydrogen-bond donors (Lipinski definition) is 1. The van der Waals surface area contributed by atoms with E-state index < -0.39 is 25.9 Å². The minimum absolute atomic E-state index is 0.0590. The summed E-state index contributed by atoms with van der Waals surface area (Å²) in [6.07, 6.45) is 0.364. The van der Waals surface area contributed by atoms with E-state index in [2.05, 4.69) is 5.32 Å². The van der Waals surface area contributed by atoms with Gasteiger partial charge in [0.2, 0.25) is 10.0 Å². The Kier molecular flexibility index (Phi) is 4.79.